The van der Waals surface area contributed by atoms with Gasteiger partial charge in [-0.3, -0.25) is 4.79 Å². The van der Waals surface area contributed by atoms with Crippen molar-refractivity contribution < 1.29 is 14.7 Å². The Morgan fingerprint density at radius 3 is 3.00 bits per heavy atom. The molecule has 2 heterocycles. The molecule has 1 atom stereocenters. The van der Waals surface area contributed by atoms with E-state index in [1.54, 1.807) is 5.38 Å². The molecule has 1 aromatic heterocycles. The summed E-state index contributed by atoms with van der Waals surface area (Å²) >= 11 is 2.83. The number of aromatic nitrogens is 1. The summed E-state index contributed by atoms with van der Waals surface area (Å²) in [6, 6.07) is 8.46. The zero-order chi connectivity index (χ0) is 19.2. The highest BCUT2D eigenvalue weighted by Gasteiger charge is 2.30. The minimum Gasteiger partial charge on any atom is -0.476 e. The van der Waals surface area contributed by atoms with Crippen LogP contribution in [-0.2, 0) is 11.2 Å². The molecule has 1 fully saturated rings. The number of carbonyl (C=O) groups is 2. The third-order valence-corrected chi connectivity index (χ3v) is 6.64. The van der Waals surface area contributed by atoms with E-state index in [9.17, 15) is 9.59 Å². The molecule has 8 heteroatoms. The number of thiazole rings is 1. The molecular weight excluding hydrogens is 382 g/mol. The number of hydrogen-bond acceptors (Lipinski definition) is 6. The van der Waals surface area contributed by atoms with Crippen LogP contribution >= 0.6 is 23.1 Å². The smallest absolute Gasteiger partial charge is 0.355 e. The number of benzene rings is 1. The van der Waals surface area contributed by atoms with E-state index in [1.165, 1.54) is 28.7 Å². The van der Waals surface area contributed by atoms with Gasteiger partial charge in [-0.05, 0) is 24.5 Å². The topological polar surface area (TPSA) is 82.5 Å². The van der Waals surface area contributed by atoms with Crippen LogP contribution in [0.1, 0.15) is 35.8 Å². The van der Waals surface area contributed by atoms with Gasteiger partial charge < -0.3 is 15.3 Å². The first-order chi connectivity index (χ1) is 13.1. The second kappa shape index (κ2) is 9.23. The van der Waals surface area contributed by atoms with Gasteiger partial charge >= 0.3 is 5.97 Å². The molecule has 144 valence electrons. The van der Waals surface area contributed by atoms with Crippen LogP contribution in [-0.4, -0.2) is 51.8 Å². The van der Waals surface area contributed by atoms with Gasteiger partial charge in [0.25, 0.3) is 0 Å². The van der Waals surface area contributed by atoms with Crippen LogP contribution < -0.4 is 5.32 Å². The minimum absolute atomic E-state index is 0.0800. The Morgan fingerprint density at radius 2 is 2.26 bits per heavy atom. The number of carboxylic acid groups (broad SMARTS) is 1. The molecule has 0 aliphatic carbocycles. The van der Waals surface area contributed by atoms with Gasteiger partial charge in [0.2, 0.25) is 5.91 Å². The molecule has 1 aliphatic heterocycles. The summed E-state index contributed by atoms with van der Waals surface area (Å²) in [4.78, 5) is 29.2. The van der Waals surface area contributed by atoms with Gasteiger partial charge in [0.05, 0.1) is 0 Å². The van der Waals surface area contributed by atoms with Gasteiger partial charge in [-0.2, -0.15) is 0 Å². The Bertz CT molecular complexity index is 809. The van der Waals surface area contributed by atoms with Gasteiger partial charge in [0, 0.05) is 42.4 Å². The monoisotopic (exact) mass is 405 g/mol. The quantitative estimate of drug-likeness (QED) is 0.620. The molecule has 0 saturated carbocycles. The molecule has 2 N–H and O–H groups in total. The fourth-order valence-electron chi connectivity index (χ4n) is 3.19. The van der Waals surface area contributed by atoms with Crippen molar-refractivity contribution in [3.8, 4) is 0 Å². The zero-order valence-corrected chi connectivity index (χ0v) is 16.8. The summed E-state index contributed by atoms with van der Waals surface area (Å²) < 4.78 is 0.727. The van der Waals surface area contributed by atoms with E-state index in [-0.39, 0.29) is 17.6 Å². The molecule has 0 bridgehead atoms. The molecule has 0 spiro atoms. The van der Waals surface area contributed by atoms with Crippen molar-refractivity contribution in [1.29, 1.82) is 0 Å². The molecule has 0 radical (unpaired) electrons. The van der Waals surface area contributed by atoms with Crippen molar-refractivity contribution >= 4 is 40.7 Å². The summed E-state index contributed by atoms with van der Waals surface area (Å²) in [5.74, 6) is -0.108. The fraction of sp³-hybridized carbons (Fsp3) is 0.421. The minimum atomic E-state index is -1.01. The van der Waals surface area contributed by atoms with E-state index in [0.717, 1.165) is 29.4 Å². The van der Waals surface area contributed by atoms with E-state index in [1.807, 2.05) is 17.0 Å². The molecule has 0 unspecified atom stereocenters. The van der Waals surface area contributed by atoms with E-state index in [4.69, 9.17) is 5.11 Å². The molecule has 27 heavy (non-hydrogen) atoms. The van der Waals surface area contributed by atoms with Gasteiger partial charge in [-0.1, -0.05) is 36.9 Å². The number of amides is 1. The van der Waals surface area contributed by atoms with Gasteiger partial charge in [0.1, 0.15) is 0 Å². The predicted molar refractivity (Wildman–Crippen MR) is 109 cm³/mol. The first-order valence-electron chi connectivity index (χ1n) is 9.01. The van der Waals surface area contributed by atoms with Crippen LogP contribution in [0, 0.1) is 0 Å². The van der Waals surface area contributed by atoms with Crippen molar-refractivity contribution in [3.63, 3.8) is 0 Å². The standard InChI is InChI=1S/C19H23N3O3S2/c1-2-13-5-3-4-6-15(13)20-11-14-7-8-17(23)22(14)9-10-26-19-21-16(12-27-19)18(24)25/h3-6,12,14,20H,2,7-11H2,1H3,(H,24,25)/t14-/m1/s1. The molecule has 1 amide bonds. The van der Waals surface area contributed by atoms with E-state index in [0.29, 0.717) is 18.7 Å². The van der Waals surface area contributed by atoms with Crippen LogP contribution in [0.3, 0.4) is 0 Å². The molecule has 3 rings (SSSR count). The Labute approximate surface area is 167 Å². The number of aryl methyl sites for hydroxylation is 1. The SMILES string of the molecule is CCc1ccccc1NC[C@H]1CCC(=O)N1CCSc1nc(C(=O)O)cs1. The number of nitrogens with zero attached hydrogens (tertiary/aromatic N) is 2. The van der Waals surface area contributed by atoms with Gasteiger partial charge in [-0.15, -0.1) is 11.3 Å². The number of carboxylic acids is 1. The normalized spacial score (nSPS) is 16.7. The molecule has 1 aromatic carbocycles. The molecule has 2 aromatic rings. The highest BCUT2D eigenvalue weighted by molar-refractivity contribution is 8.01. The van der Waals surface area contributed by atoms with Crippen LogP contribution in [0.4, 0.5) is 5.69 Å². The second-order valence-corrected chi connectivity index (χ2v) is 8.52. The van der Waals surface area contributed by atoms with Crippen LogP contribution in [0.25, 0.3) is 0 Å². The number of aromatic carboxylic acids is 1. The number of carbonyl (C=O) groups excluding carboxylic acids is 1. The molecular formula is C19H23N3O3S2. The lowest BCUT2D eigenvalue weighted by molar-refractivity contribution is -0.128. The number of hydrogen-bond donors (Lipinski definition) is 2. The average Bonchev–Trinajstić information content (AvgIpc) is 3.28. The first-order valence-corrected chi connectivity index (χ1v) is 10.9. The number of thioether (sulfide) groups is 1. The number of para-hydroxylation sites is 1. The summed E-state index contributed by atoms with van der Waals surface area (Å²) in [5, 5.41) is 14.0. The van der Waals surface area contributed by atoms with Gasteiger partial charge in [-0.25, -0.2) is 9.78 Å². The average molecular weight is 406 g/mol. The highest BCUT2D eigenvalue weighted by atomic mass is 32.2. The summed E-state index contributed by atoms with van der Waals surface area (Å²) in [7, 11) is 0. The van der Waals surface area contributed by atoms with E-state index in [2.05, 4.69) is 29.4 Å². The Morgan fingerprint density at radius 1 is 1.44 bits per heavy atom. The lowest BCUT2D eigenvalue weighted by Crippen LogP contribution is -2.39. The zero-order valence-electron chi connectivity index (χ0n) is 15.2. The van der Waals surface area contributed by atoms with E-state index < -0.39 is 5.97 Å². The van der Waals surface area contributed by atoms with Crippen LogP contribution in [0.2, 0.25) is 0 Å². The lowest BCUT2D eigenvalue weighted by Gasteiger charge is -2.25. The third-order valence-electron chi connectivity index (χ3n) is 4.64. The van der Waals surface area contributed by atoms with Crippen molar-refractivity contribution in [2.45, 2.75) is 36.6 Å². The number of likely N-dealkylation sites (tertiary alicyclic amines) is 1. The largest absolute Gasteiger partial charge is 0.476 e. The summed E-state index contributed by atoms with van der Waals surface area (Å²) in [6.07, 6.45) is 2.43. The molecule has 1 saturated heterocycles. The van der Waals surface area contributed by atoms with Crippen LogP contribution in [0.15, 0.2) is 34.0 Å². The predicted octanol–water partition coefficient (Wildman–Crippen LogP) is 3.60. The first kappa shape index (κ1) is 19.7. The number of nitrogens with one attached hydrogen (secondary N) is 1. The van der Waals surface area contributed by atoms with Crippen molar-refractivity contribution in [2.75, 3.05) is 24.2 Å². The Balaban J connectivity index is 1.52. The van der Waals surface area contributed by atoms with Gasteiger partial charge in [0.15, 0.2) is 10.0 Å². The lowest BCUT2D eigenvalue weighted by atomic mass is 10.1. The van der Waals surface area contributed by atoms with Crippen molar-refractivity contribution in [3.05, 3.63) is 40.9 Å². The summed E-state index contributed by atoms with van der Waals surface area (Å²) in [5.41, 5.74) is 2.50. The molecule has 6 nitrogen and oxygen atoms in total. The fourth-order valence-corrected chi connectivity index (χ4v) is 5.00. The molecule has 1 aliphatic rings. The maximum absolute atomic E-state index is 12.3. The maximum atomic E-state index is 12.3. The number of anilines is 1. The van der Waals surface area contributed by atoms with Crippen molar-refractivity contribution in [2.24, 2.45) is 0 Å². The van der Waals surface area contributed by atoms with Crippen molar-refractivity contribution in [1.82, 2.24) is 9.88 Å². The highest BCUT2D eigenvalue weighted by Crippen LogP contribution is 2.25. The summed E-state index contributed by atoms with van der Waals surface area (Å²) in [6.45, 7) is 3.53. The maximum Gasteiger partial charge on any atom is 0.355 e. The Hall–Kier alpha value is -2.06. The van der Waals surface area contributed by atoms with Crippen LogP contribution in [0.5, 0.6) is 0 Å². The van der Waals surface area contributed by atoms with E-state index >= 15 is 0 Å². The number of rotatable bonds is 9. The second-order valence-electron chi connectivity index (χ2n) is 6.32. The Kier molecular flexibility index (Phi) is 6.73. The third kappa shape index (κ3) is 5.01.